The topological polar surface area (TPSA) is 30.8 Å². The van der Waals surface area contributed by atoms with Gasteiger partial charge in [-0.25, -0.2) is 0 Å². The molecule has 0 aliphatic rings. The van der Waals surface area contributed by atoms with E-state index in [-0.39, 0.29) is 0 Å². The van der Waals surface area contributed by atoms with Crippen molar-refractivity contribution in [3.05, 3.63) is 0 Å². The molecule has 0 aromatic rings. The van der Waals surface area contributed by atoms with Gasteiger partial charge in [0, 0.05) is 0 Å². The van der Waals surface area contributed by atoms with Crippen molar-refractivity contribution in [3.63, 3.8) is 0 Å². The predicted molar refractivity (Wildman–Crippen MR) is 41.7 cm³/mol. The van der Waals surface area contributed by atoms with E-state index in [1.807, 2.05) is 0 Å². The Labute approximate surface area is 84.0 Å². The van der Waals surface area contributed by atoms with Crippen molar-refractivity contribution < 1.29 is 35.4 Å². The molecule has 0 rings (SSSR count). The summed E-state index contributed by atoms with van der Waals surface area (Å²) in [6.07, 6.45) is -8.94. The maximum Gasteiger partial charge on any atom is 0.412 e. The van der Waals surface area contributed by atoms with Gasteiger partial charge in [0.1, 0.15) is 15.6 Å². The Morgan fingerprint density at radius 3 is 2.00 bits per heavy atom. The number of nitrogens with zero attached hydrogens (tertiary/aromatic N) is 1. The summed E-state index contributed by atoms with van der Waals surface area (Å²) in [4.78, 5) is 0. The summed E-state index contributed by atoms with van der Waals surface area (Å²) in [6.45, 7) is -2.98. The molecule has 0 aliphatic heterocycles. The Balaban J connectivity index is 3.41. The van der Waals surface area contributed by atoms with E-state index < -0.39 is 43.1 Å². The van der Waals surface area contributed by atoms with Crippen molar-refractivity contribution in [2.75, 3.05) is 13.2 Å². The minimum atomic E-state index is -4.47. The molecule has 15 heavy (non-hydrogen) atoms. The Kier molecular flexibility index (Phi) is 6.59. The highest BCUT2D eigenvalue weighted by atomic mass is 31.1. The molecule has 0 aromatic heterocycles. The molecular formula is C4H5F6NO2P2. The minimum Gasteiger partial charge on any atom is -0.330 e. The molecule has 90 valence electrons. The summed E-state index contributed by atoms with van der Waals surface area (Å²) in [5.41, 5.74) is 0. The highest BCUT2D eigenvalue weighted by Gasteiger charge is 2.28. The van der Waals surface area contributed by atoms with Gasteiger partial charge < -0.3 is 9.05 Å². The van der Waals surface area contributed by atoms with Crippen molar-refractivity contribution in [3.8, 4) is 0 Å². The Bertz CT molecular complexity index is 204. The summed E-state index contributed by atoms with van der Waals surface area (Å²) in [5, 5.41) is 0. The van der Waals surface area contributed by atoms with E-state index in [0.717, 1.165) is 0 Å². The average molecular weight is 275 g/mol. The van der Waals surface area contributed by atoms with Crippen LogP contribution in [0.4, 0.5) is 26.3 Å². The zero-order chi connectivity index (χ0) is 11.9. The van der Waals surface area contributed by atoms with Crippen LogP contribution >= 0.6 is 17.6 Å². The molecule has 0 amide bonds. The lowest BCUT2D eigenvalue weighted by molar-refractivity contribution is -0.151. The van der Waals surface area contributed by atoms with E-state index in [2.05, 4.69) is 13.6 Å². The fraction of sp³-hybridized carbons (Fsp3) is 1.00. The van der Waals surface area contributed by atoms with E-state index in [9.17, 15) is 26.3 Å². The van der Waals surface area contributed by atoms with Gasteiger partial charge in [-0.1, -0.05) is 0 Å². The van der Waals surface area contributed by atoms with Crippen LogP contribution in [0.5, 0.6) is 0 Å². The van der Waals surface area contributed by atoms with Crippen molar-refractivity contribution in [1.82, 2.24) is 0 Å². The van der Waals surface area contributed by atoms with Crippen molar-refractivity contribution in [1.29, 1.82) is 0 Å². The monoisotopic (exact) mass is 275 g/mol. The normalized spacial score (nSPS) is 14.5. The summed E-state index contributed by atoms with van der Waals surface area (Å²) in [5.74, 6) is 0. The quantitative estimate of drug-likeness (QED) is 0.435. The van der Waals surface area contributed by atoms with Gasteiger partial charge in [0.15, 0.2) is 15.2 Å². The van der Waals surface area contributed by atoms with Crippen LogP contribution in [0.1, 0.15) is 0 Å². The molecule has 0 saturated heterocycles. The van der Waals surface area contributed by atoms with Crippen LogP contribution in [0.25, 0.3) is 0 Å². The fourth-order valence-electron chi connectivity index (χ4n) is 0.291. The third kappa shape index (κ3) is 14.0. The molecule has 0 N–H and O–H groups in total. The highest BCUT2D eigenvalue weighted by Crippen LogP contribution is 2.26. The van der Waals surface area contributed by atoms with Crippen LogP contribution in [0, 0.1) is 0 Å². The van der Waals surface area contributed by atoms with Gasteiger partial charge in [-0.2, -0.15) is 30.9 Å². The van der Waals surface area contributed by atoms with E-state index in [0.29, 0.717) is 0 Å². The zero-order valence-electron chi connectivity index (χ0n) is 6.89. The summed E-state index contributed by atoms with van der Waals surface area (Å²) < 4.78 is 79.7. The molecule has 1 atom stereocenters. The average Bonchev–Trinajstić information content (AvgIpc) is 1.98. The summed E-state index contributed by atoms with van der Waals surface area (Å²) in [6, 6.07) is 0. The van der Waals surface area contributed by atoms with E-state index in [1.165, 1.54) is 0 Å². The largest absolute Gasteiger partial charge is 0.412 e. The fourth-order valence-corrected chi connectivity index (χ4v) is 1.32. The first kappa shape index (κ1) is 15.0. The van der Waals surface area contributed by atoms with Gasteiger partial charge in [0.05, 0.1) is 0 Å². The van der Waals surface area contributed by atoms with Gasteiger partial charge in [-0.3, -0.25) is 0 Å². The van der Waals surface area contributed by atoms with Crippen LogP contribution in [-0.4, -0.2) is 25.6 Å². The van der Waals surface area contributed by atoms with Crippen LogP contribution in [0.15, 0.2) is 4.52 Å². The van der Waals surface area contributed by atoms with Gasteiger partial charge >= 0.3 is 12.4 Å². The van der Waals surface area contributed by atoms with E-state index in [1.54, 1.807) is 0 Å². The standard InChI is InChI=1S/C4H5F6NO2P2/c5-3(6,7)1-12-14-11-15-13-2-4(8,9)10/h14H,1-2H2. The predicted octanol–water partition coefficient (Wildman–Crippen LogP) is 3.70. The number of hydrogen-bond acceptors (Lipinski definition) is 3. The lowest BCUT2D eigenvalue weighted by Gasteiger charge is -2.04. The SMILES string of the molecule is FC(F)(F)COP=NPOCC(F)(F)F. The molecule has 0 aromatic carbocycles. The first-order valence-corrected chi connectivity index (χ1v) is 4.85. The van der Waals surface area contributed by atoms with Gasteiger partial charge in [0.25, 0.3) is 0 Å². The first-order valence-electron chi connectivity index (χ1n) is 3.23. The second-order valence-corrected chi connectivity index (χ2v) is 3.76. The van der Waals surface area contributed by atoms with Crippen LogP contribution in [-0.2, 0) is 9.05 Å². The molecule has 0 bridgehead atoms. The van der Waals surface area contributed by atoms with Gasteiger partial charge in [-0.15, -0.1) is 0 Å². The lowest BCUT2D eigenvalue weighted by atomic mass is 10.7. The van der Waals surface area contributed by atoms with E-state index >= 15 is 0 Å². The highest BCUT2D eigenvalue weighted by molar-refractivity contribution is 7.39. The molecule has 3 nitrogen and oxygen atoms in total. The third-order valence-electron chi connectivity index (χ3n) is 0.668. The van der Waals surface area contributed by atoms with Crippen LogP contribution in [0.3, 0.4) is 0 Å². The second kappa shape index (κ2) is 6.58. The Hall–Kier alpha value is 0.0300. The smallest absolute Gasteiger partial charge is 0.330 e. The second-order valence-electron chi connectivity index (χ2n) is 2.07. The number of halogens is 6. The molecule has 1 unspecified atom stereocenters. The van der Waals surface area contributed by atoms with Gasteiger partial charge in [0.2, 0.25) is 0 Å². The molecule has 0 radical (unpaired) electrons. The van der Waals surface area contributed by atoms with Gasteiger partial charge in [-0.05, 0) is 0 Å². The molecule has 0 heterocycles. The van der Waals surface area contributed by atoms with Crippen LogP contribution < -0.4 is 0 Å². The van der Waals surface area contributed by atoms with Crippen LogP contribution in [0.2, 0.25) is 0 Å². The maximum absolute atomic E-state index is 11.4. The molecule has 0 fully saturated rings. The Morgan fingerprint density at radius 1 is 1.00 bits per heavy atom. The summed E-state index contributed by atoms with van der Waals surface area (Å²) >= 11 is 0. The maximum atomic E-state index is 11.4. The molecule has 11 heteroatoms. The zero-order valence-corrected chi connectivity index (χ0v) is 8.79. The van der Waals surface area contributed by atoms with E-state index in [4.69, 9.17) is 0 Å². The molecule has 0 aliphatic carbocycles. The number of alkyl halides is 6. The minimum absolute atomic E-state index is 0.410. The number of rotatable bonds is 5. The molecule has 0 saturated carbocycles. The third-order valence-corrected chi connectivity index (χ3v) is 1.84. The Morgan fingerprint density at radius 2 is 1.53 bits per heavy atom. The van der Waals surface area contributed by atoms with Crippen molar-refractivity contribution in [2.45, 2.75) is 12.4 Å². The first-order chi connectivity index (χ1) is 6.71. The molecule has 0 spiro atoms. The molecular weight excluding hydrogens is 270 g/mol. The van der Waals surface area contributed by atoms with Crippen molar-refractivity contribution >= 4 is 17.6 Å². The lowest BCUT2D eigenvalue weighted by Crippen LogP contribution is -2.13. The van der Waals surface area contributed by atoms with Crippen molar-refractivity contribution in [2.24, 2.45) is 4.52 Å². The summed E-state index contributed by atoms with van der Waals surface area (Å²) in [7, 11) is -1.31. The number of hydrogen-bond donors (Lipinski definition) is 0.